The summed E-state index contributed by atoms with van der Waals surface area (Å²) in [6, 6.07) is 0. The maximum atomic E-state index is 13.0. The van der Waals surface area contributed by atoms with E-state index in [4.69, 9.17) is 4.52 Å². The molecule has 0 aliphatic heterocycles. The molecule has 126 valence electrons. The summed E-state index contributed by atoms with van der Waals surface area (Å²) >= 11 is 1.66. The number of rotatable bonds is 4. The number of fused-ring (bicyclic) bond motifs is 1. The lowest BCUT2D eigenvalue weighted by atomic mass is 10.1. The summed E-state index contributed by atoms with van der Waals surface area (Å²) in [4.78, 5) is 21.5. The van der Waals surface area contributed by atoms with Crippen molar-refractivity contribution < 1.29 is 9.32 Å². The molecule has 0 saturated heterocycles. The van der Waals surface area contributed by atoms with E-state index in [2.05, 4.69) is 27.7 Å². The number of carbonyl (C=O) groups excluding carboxylic acids is 1. The number of aryl methyl sites for hydroxylation is 3. The Bertz CT molecular complexity index is 932. The third kappa shape index (κ3) is 2.43. The standard InChI is InChI=1S/C17H20N4O2S/c1-9-7-21-13(10(2)18-17(21)24-9)8-20(4)16(22)14-11(3)19-23-15(14)12-5-6-12/h7,12H,5-6,8H2,1-4H3. The largest absolute Gasteiger partial charge is 0.360 e. The normalized spacial score (nSPS) is 14.5. The van der Waals surface area contributed by atoms with Gasteiger partial charge < -0.3 is 9.42 Å². The lowest BCUT2D eigenvalue weighted by molar-refractivity contribution is 0.0780. The summed E-state index contributed by atoms with van der Waals surface area (Å²) in [5.74, 6) is 1.09. The number of hydrogen-bond acceptors (Lipinski definition) is 5. The van der Waals surface area contributed by atoms with Crippen LogP contribution in [0.3, 0.4) is 0 Å². The fraction of sp³-hybridized carbons (Fsp3) is 0.471. The molecule has 3 heterocycles. The second-order valence-corrected chi connectivity index (χ2v) is 7.79. The Morgan fingerprint density at radius 3 is 2.83 bits per heavy atom. The molecule has 1 amide bonds. The van der Waals surface area contributed by atoms with E-state index in [9.17, 15) is 4.79 Å². The van der Waals surface area contributed by atoms with E-state index in [1.165, 1.54) is 4.88 Å². The van der Waals surface area contributed by atoms with Gasteiger partial charge in [-0.1, -0.05) is 5.16 Å². The number of amides is 1. The Morgan fingerprint density at radius 1 is 1.38 bits per heavy atom. The van der Waals surface area contributed by atoms with Crippen LogP contribution >= 0.6 is 11.3 Å². The highest BCUT2D eigenvalue weighted by Crippen LogP contribution is 2.42. The van der Waals surface area contributed by atoms with Crippen molar-refractivity contribution in [1.29, 1.82) is 0 Å². The van der Waals surface area contributed by atoms with Gasteiger partial charge in [0.25, 0.3) is 5.91 Å². The molecule has 1 aliphatic carbocycles. The van der Waals surface area contributed by atoms with Crippen LogP contribution in [0.5, 0.6) is 0 Å². The van der Waals surface area contributed by atoms with Gasteiger partial charge in [-0.05, 0) is 33.6 Å². The number of hydrogen-bond donors (Lipinski definition) is 0. The zero-order chi connectivity index (χ0) is 17.0. The molecule has 1 fully saturated rings. The maximum absolute atomic E-state index is 13.0. The van der Waals surface area contributed by atoms with E-state index >= 15 is 0 Å². The lowest BCUT2D eigenvalue weighted by Gasteiger charge is -2.17. The van der Waals surface area contributed by atoms with Crippen LogP contribution in [0.4, 0.5) is 0 Å². The fourth-order valence-corrected chi connectivity index (χ4v) is 3.95. The molecule has 6 nitrogen and oxygen atoms in total. The molecule has 3 aromatic heterocycles. The van der Waals surface area contributed by atoms with Gasteiger partial charge in [-0.25, -0.2) is 4.98 Å². The fourth-order valence-electron chi connectivity index (χ4n) is 3.06. The van der Waals surface area contributed by atoms with Crippen LogP contribution in [-0.4, -0.2) is 32.4 Å². The second kappa shape index (κ2) is 5.44. The van der Waals surface area contributed by atoms with Crippen LogP contribution < -0.4 is 0 Å². The average molecular weight is 344 g/mol. The molecule has 1 saturated carbocycles. The molecule has 1 aliphatic rings. The first kappa shape index (κ1) is 15.4. The molecule has 24 heavy (non-hydrogen) atoms. The molecule has 0 radical (unpaired) electrons. The maximum Gasteiger partial charge on any atom is 0.259 e. The Morgan fingerprint density at radius 2 is 2.12 bits per heavy atom. The number of thiazole rings is 1. The topological polar surface area (TPSA) is 63.6 Å². The van der Waals surface area contributed by atoms with Crippen molar-refractivity contribution in [1.82, 2.24) is 19.4 Å². The summed E-state index contributed by atoms with van der Waals surface area (Å²) < 4.78 is 7.49. The highest BCUT2D eigenvalue weighted by Gasteiger charge is 2.35. The zero-order valence-corrected chi connectivity index (χ0v) is 15.1. The van der Waals surface area contributed by atoms with Gasteiger partial charge in [-0.2, -0.15) is 0 Å². The second-order valence-electron chi connectivity index (χ2n) is 6.58. The van der Waals surface area contributed by atoms with Gasteiger partial charge in [-0.15, -0.1) is 11.3 Å². The van der Waals surface area contributed by atoms with Crippen molar-refractivity contribution >= 4 is 22.2 Å². The molecule has 0 aromatic carbocycles. The third-order valence-electron chi connectivity index (χ3n) is 4.53. The minimum Gasteiger partial charge on any atom is -0.360 e. The zero-order valence-electron chi connectivity index (χ0n) is 14.3. The highest BCUT2D eigenvalue weighted by atomic mass is 32.1. The highest BCUT2D eigenvalue weighted by molar-refractivity contribution is 7.17. The molecule has 0 bridgehead atoms. The SMILES string of the molecule is Cc1cn2c(CN(C)C(=O)c3c(C)noc3C3CC3)c(C)nc2s1. The van der Waals surface area contributed by atoms with Crippen molar-refractivity contribution in [3.63, 3.8) is 0 Å². The van der Waals surface area contributed by atoms with Crippen molar-refractivity contribution in [2.45, 2.75) is 46.1 Å². The van der Waals surface area contributed by atoms with Gasteiger partial charge >= 0.3 is 0 Å². The first-order valence-corrected chi connectivity index (χ1v) is 8.93. The molecule has 0 spiro atoms. The van der Waals surface area contributed by atoms with Gasteiger partial charge in [0.15, 0.2) is 10.7 Å². The molecule has 7 heteroatoms. The van der Waals surface area contributed by atoms with Crippen molar-refractivity contribution in [2.75, 3.05) is 7.05 Å². The quantitative estimate of drug-likeness (QED) is 0.727. The van der Waals surface area contributed by atoms with Gasteiger partial charge in [-0.3, -0.25) is 9.20 Å². The Balaban J connectivity index is 1.63. The first-order valence-electron chi connectivity index (χ1n) is 8.11. The number of carbonyl (C=O) groups is 1. The van der Waals surface area contributed by atoms with Crippen molar-refractivity contribution in [2.24, 2.45) is 0 Å². The van der Waals surface area contributed by atoms with E-state index in [0.29, 0.717) is 23.7 Å². The molecule has 0 atom stereocenters. The predicted octanol–water partition coefficient (Wildman–Crippen LogP) is 3.46. The van der Waals surface area contributed by atoms with Crippen LogP contribution in [0.1, 0.15) is 56.8 Å². The van der Waals surface area contributed by atoms with Crippen molar-refractivity contribution in [3.05, 3.63) is 39.5 Å². The van der Waals surface area contributed by atoms with E-state index < -0.39 is 0 Å². The Labute approximate surface area is 144 Å². The van der Waals surface area contributed by atoms with Gasteiger partial charge in [0, 0.05) is 24.0 Å². The van der Waals surface area contributed by atoms with Crippen LogP contribution in [0, 0.1) is 20.8 Å². The van der Waals surface area contributed by atoms with Crippen LogP contribution in [-0.2, 0) is 6.54 Å². The number of imidazole rings is 1. The third-order valence-corrected chi connectivity index (χ3v) is 5.42. The molecular formula is C17H20N4O2S. The Hall–Kier alpha value is -2.15. The molecule has 0 N–H and O–H groups in total. The van der Waals surface area contributed by atoms with Gasteiger partial charge in [0.1, 0.15) is 5.56 Å². The average Bonchev–Trinajstić information content (AvgIpc) is 3.14. The van der Waals surface area contributed by atoms with Crippen LogP contribution in [0.15, 0.2) is 10.7 Å². The smallest absolute Gasteiger partial charge is 0.259 e. The summed E-state index contributed by atoms with van der Waals surface area (Å²) in [6.07, 6.45) is 4.23. The molecule has 3 aromatic rings. The summed E-state index contributed by atoms with van der Waals surface area (Å²) in [7, 11) is 1.82. The van der Waals surface area contributed by atoms with E-state index in [1.807, 2.05) is 20.9 Å². The summed E-state index contributed by atoms with van der Waals surface area (Å²) in [5, 5.41) is 4.01. The molecule has 0 unspecified atom stereocenters. The number of nitrogens with zero attached hydrogens (tertiary/aromatic N) is 4. The summed E-state index contributed by atoms with van der Waals surface area (Å²) in [6.45, 7) is 6.40. The molecule has 4 rings (SSSR count). The Kier molecular flexibility index (Phi) is 3.49. The van der Waals surface area contributed by atoms with E-state index in [1.54, 1.807) is 16.2 Å². The summed E-state index contributed by atoms with van der Waals surface area (Å²) in [5.41, 5.74) is 3.33. The lowest BCUT2D eigenvalue weighted by Crippen LogP contribution is -2.28. The van der Waals surface area contributed by atoms with Crippen LogP contribution in [0.2, 0.25) is 0 Å². The van der Waals surface area contributed by atoms with Crippen molar-refractivity contribution in [3.8, 4) is 0 Å². The van der Waals surface area contributed by atoms with Gasteiger partial charge in [0.05, 0.1) is 23.6 Å². The number of aromatic nitrogens is 3. The monoisotopic (exact) mass is 344 g/mol. The molecular weight excluding hydrogens is 324 g/mol. The minimum absolute atomic E-state index is 0.0306. The first-order chi connectivity index (χ1) is 11.5. The van der Waals surface area contributed by atoms with E-state index in [0.717, 1.165) is 35.0 Å². The van der Waals surface area contributed by atoms with Crippen LogP contribution in [0.25, 0.3) is 4.96 Å². The van der Waals surface area contributed by atoms with Gasteiger partial charge in [0.2, 0.25) is 0 Å². The minimum atomic E-state index is -0.0306. The van der Waals surface area contributed by atoms with E-state index in [-0.39, 0.29) is 5.91 Å². The predicted molar refractivity (Wildman–Crippen MR) is 91.6 cm³/mol.